The number of esters is 1. The van der Waals surface area contributed by atoms with Crippen molar-refractivity contribution in [2.24, 2.45) is 10.8 Å². The van der Waals surface area contributed by atoms with Gasteiger partial charge in [0, 0.05) is 73.4 Å². The molecular weight excluding hydrogens is 851 g/mol. The Morgan fingerprint density at radius 2 is 1.14 bits per heavy atom. The molecule has 0 bridgehead atoms. The Kier molecular flexibility index (Phi) is 17.4. The van der Waals surface area contributed by atoms with Gasteiger partial charge in [-0.1, -0.05) is 89.0 Å². The second-order valence-electron chi connectivity index (χ2n) is 20.6. The van der Waals surface area contributed by atoms with E-state index in [0.717, 1.165) is 102 Å². The standard InChI is InChI=1S/C27H38ClNO4.C25H34ClNO4/c1-6-33-25(31)11-14-29-18-21-15-22(32-5)10-13-27(21,17-24(29)30)20-8-7-19(23(28)16-20)9-12-26(2,3)4;1-24(2,3)10-7-17-5-6-18(14-21(17)26)25-11-8-20(31-4)13-19(25)16-27(22(28)15-25)12-9-23(29)30/h7-8,16,18,22H,6,9-15,17H2,1-5H3;5-6,14,16,20H,7-13,15H2,1-4H3,(H,29,30)/t22?,27-;20?,25-/m00/s1. The lowest BCUT2D eigenvalue weighted by molar-refractivity contribution is -0.144. The summed E-state index contributed by atoms with van der Waals surface area (Å²) in [5.74, 6) is -1.18. The van der Waals surface area contributed by atoms with Crippen LogP contribution in [0.3, 0.4) is 0 Å². The number of amides is 2. The van der Waals surface area contributed by atoms with Gasteiger partial charge in [0.1, 0.15) is 0 Å². The number of fused-ring (bicyclic) bond motifs is 2. The van der Waals surface area contributed by atoms with Gasteiger partial charge in [-0.05, 0) is 127 Å². The lowest BCUT2D eigenvalue weighted by Gasteiger charge is -2.46. The summed E-state index contributed by atoms with van der Waals surface area (Å²) >= 11 is 13.5. The quantitative estimate of drug-likeness (QED) is 0.175. The Labute approximate surface area is 392 Å². The van der Waals surface area contributed by atoms with Gasteiger partial charge in [-0.25, -0.2) is 0 Å². The van der Waals surface area contributed by atoms with Crippen molar-refractivity contribution in [2.75, 3.05) is 33.9 Å². The predicted molar refractivity (Wildman–Crippen MR) is 253 cm³/mol. The van der Waals surface area contributed by atoms with Crippen LogP contribution in [0.5, 0.6) is 0 Å². The first-order chi connectivity index (χ1) is 30.1. The molecule has 0 spiro atoms. The van der Waals surface area contributed by atoms with Gasteiger partial charge < -0.3 is 29.1 Å². The van der Waals surface area contributed by atoms with Gasteiger partial charge in [0.2, 0.25) is 11.8 Å². The Hall–Kier alpha value is -3.70. The maximum atomic E-state index is 13.2. The van der Waals surface area contributed by atoms with Crippen LogP contribution in [0.15, 0.2) is 59.9 Å². The Morgan fingerprint density at radius 3 is 1.50 bits per heavy atom. The molecule has 1 N–H and O–H groups in total. The van der Waals surface area contributed by atoms with Crippen LogP contribution in [-0.4, -0.2) is 84.8 Å². The van der Waals surface area contributed by atoms with E-state index >= 15 is 0 Å². The number of aliphatic carboxylic acids is 1. The molecule has 2 aromatic rings. The molecule has 0 radical (unpaired) electrons. The molecule has 2 fully saturated rings. The van der Waals surface area contributed by atoms with Gasteiger partial charge in [0.25, 0.3) is 0 Å². The number of hydrogen-bond acceptors (Lipinski definition) is 7. The lowest BCUT2D eigenvalue weighted by Crippen LogP contribution is -2.46. The highest BCUT2D eigenvalue weighted by molar-refractivity contribution is 6.31. The number of rotatable bonds is 15. The summed E-state index contributed by atoms with van der Waals surface area (Å²) in [6.45, 7) is 16.0. The molecule has 2 aromatic carbocycles. The summed E-state index contributed by atoms with van der Waals surface area (Å²) < 4.78 is 16.3. The van der Waals surface area contributed by atoms with Crippen molar-refractivity contribution in [1.29, 1.82) is 0 Å². The number of methoxy groups -OCH3 is 2. The average molecular weight is 924 g/mol. The topological polar surface area (TPSA) is 123 Å². The van der Waals surface area contributed by atoms with Crippen LogP contribution in [0.1, 0.15) is 148 Å². The highest BCUT2D eigenvalue weighted by Crippen LogP contribution is 2.51. The van der Waals surface area contributed by atoms with Crippen LogP contribution < -0.4 is 0 Å². The first-order valence-electron chi connectivity index (χ1n) is 23.1. The summed E-state index contributed by atoms with van der Waals surface area (Å²) in [5, 5.41) is 10.6. The normalized spacial score (nSPS) is 23.6. The molecule has 2 heterocycles. The molecule has 0 aromatic heterocycles. The molecule has 352 valence electrons. The summed E-state index contributed by atoms with van der Waals surface area (Å²) in [5.41, 5.74) is 6.52. The Balaban J connectivity index is 0.000000241. The van der Waals surface area contributed by atoms with Crippen LogP contribution in [-0.2, 0) is 57.1 Å². The smallest absolute Gasteiger partial charge is 0.307 e. The lowest BCUT2D eigenvalue weighted by atomic mass is 9.62. The molecule has 0 saturated heterocycles. The monoisotopic (exact) mass is 922 g/mol. The maximum absolute atomic E-state index is 13.2. The second-order valence-corrected chi connectivity index (χ2v) is 21.4. The molecule has 10 nitrogen and oxygen atoms in total. The van der Waals surface area contributed by atoms with E-state index in [1.807, 2.05) is 18.5 Å². The van der Waals surface area contributed by atoms with Crippen molar-refractivity contribution in [3.05, 3.63) is 92.2 Å². The molecule has 2 unspecified atom stereocenters. The molecule has 2 amide bonds. The first kappa shape index (κ1) is 51.3. The highest BCUT2D eigenvalue weighted by atomic mass is 35.5. The number of hydrogen-bond donors (Lipinski definition) is 1. The minimum Gasteiger partial charge on any atom is -0.481 e. The second kappa shape index (κ2) is 21.7. The van der Waals surface area contributed by atoms with Crippen LogP contribution in [0.2, 0.25) is 10.0 Å². The van der Waals surface area contributed by atoms with Gasteiger partial charge in [-0.2, -0.15) is 0 Å². The van der Waals surface area contributed by atoms with E-state index in [1.54, 1.807) is 30.9 Å². The molecule has 2 aliphatic heterocycles. The van der Waals surface area contributed by atoms with E-state index < -0.39 is 11.4 Å². The van der Waals surface area contributed by atoms with Crippen LogP contribution in [0.4, 0.5) is 0 Å². The highest BCUT2D eigenvalue weighted by Gasteiger charge is 2.48. The van der Waals surface area contributed by atoms with E-state index in [2.05, 4.69) is 71.9 Å². The molecule has 4 aliphatic rings. The Bertz CT molecular complexity index is 2070. The third-order valence-corrected chi connectivity index (χ3v) is 14.4. The number of benzene rings is 2. The number of carboxylic acids is 1. The number of halogens is 2. The van der Waals surface area contributed by atoms with E-state index in [9.17, 15) is 19.2 Å². The average Bonchev–Trinajstić information content (AvgIpc) is 3.23. The zero-order valence-corrected chi connectivity index (χ0v) is 41.3. The molecule has 6 rings (SSSR count). The number of carboxylic acid groups (broad SMARTS) is 1. The van der Waals surface area contributed by atoms with Gasteiger partial charge in [0.15, 0.2) is 0 Å². The summed E-state index contributed by atoms with van der Waals surface area (Å²) in [4.78, 5) is 52.2. The molecule has 4 atom stereocenters. The van der Waals surface area contributed by atoms with E-state index in [-0.39, 0.29) is 65.6 Å². The maximum Gasteiger partial charge on any atom is 0.307 e. The van der Waals surface area contributed by atoms with Crippen molar-refractivity contribution >= 4 is 47.0 Å². The van der Waals surface area contributed by atoms with Crippen molar-refractivity contribution in [2.45, 2.75) is 161 Å². The fourth-order valence-electron chi connectivity index (χ4n) is 9.64. The fraction of sp³-hybridized carbons (Fsp3) is 0.615. The van der Waals surface area contributed by atoms with Gasteiger partial charge >= 0.3 is 11.9 Å². The molecule has 64 heavy (non-hydrogen) atoms. The fourth-order valence-corrected chi connectivity index (χ4v) is 10.2. The Morgan fingerprint density at radius 1 is 0.719 bits per heavy atom. The number of ether oxygens (including phenoxy) is 3. The van der Waals surface area contributed by atoms with Crippen molar-refractivity contribution in [3.63, 3.8) is 0 Å². The zero-order chi connectivity index (χ0) is 47.0. The zero-order valence-electron chi connectivity index (χ0n) is 39.7. The van der Waals surface area contributed by atoms with Crippen molar-refractivity contribution < 1.29 is 38.5 Å². The number of carbonyl (C=O) groups excluding carboxylic acids is 3. The number of aryl methyl sites for hydroxylation is 2. The van der Waals surface area contributed by atoms with Gasteiger partial charge in [-0.3, -0.25) is 19.2 Å². The third-order valence-electron chi connectivity index (χ3n) is 13.7. The van der Waals surface area contributed by atoms with E-state index in [1.165, 1.54) is 5.57 Å². The molecule has 12 heteroatoms. The number of nitrogens with zero attached hydrogens (tertiary/aromatic N) is 2. The summed E-state index contributed by atoms with van der Waals surface area (Å²) in [6, 6.07) is 12.6. The third kappa shape index (κ3) is 13.0. The predicted octanol–water partition coefficient (Wildman–Crippen LogP) is 11.2. The van der Waals surface area contributed by atoms with Gasteiger partial charge in [0.05, 0.1) is 31.7 Å². The van der Waals surface area contributed by atoms with Crippen LogP contribution in [0.25, 0.3) is 0 Å². The van der Waals surface area contributed by atoms with Crippen molar-refractivity contribution in [3.8, 4) is 0 Å². The SMILES string of the molecule is CCOC(=O)CCN1C=C2CC(OC)CC[C@@]2(c2ccc(CCC(C)(C)C)c(Cl)c2)CC1=O.COC1CC[C@@]2(c3ccc(CCC(C)(C)C)c(Cl)c3)CC(=O)N(CCC(=O)O)C=C2C1. The van der Waals surface area contributed by atoms with Gasteiger partial charge in [-0.15, -0.1) is 0 Å². The largest absolute Gasteiger partial charge is 0.481 e. The van der Waals surface area contributed by atoms with Crippen molar-refractivity contribution in [1.82, 2.24) is 9.80 Å². The summed E-state index contributed by atoms with van der Waals surface area (Å²) in [7, 11) is 3.46. The van der Waals surface area contributed by atoms with E-state index in [4.69, 9.17) is 42.5 Å². The van der Waals surface area contributed by atoms with Crippen LogP contribution >= 0.6 is 23.2 Å². The minimum absolute atomic E-state index is 0.0335. The van der Waals surface area contributed by atoms with E-state index in [0.29, 0.717) is 26.0 Å². The first-order valence-corrected chi connectivity index (χ1v) is 23.9. The number of carbonyl (C=O) groups is 4. The van der Waals surface area contributed by atoms with Crippen LogP contribution in [0, 0.1) is 10.8 Å². The minimum atomic E-state index is -0.904. The molecule has 2 aliphatic carbocycles. The summed E-state index contributed by atoms with van der Waals surface area (Å²) in [6.07, 6.45) is 13.8. The molecular formula is C52H72Cl2N2O8. The molecule has 2 saturated carbocycles.